The highest BCUT2D eigenvalue weighted by Gasteiger charge is 2.03. The van der Waals surface area contributed by atoms with Crippen LogP contribution in [-0.4, -0.2) is 15.2 Å². The molecule has 0 unspecified atom stereocenters. The third kappa shape index (κ3) is 2.66. The summed E-state index contributed by atoms with van der Waals surface area (Å²) in [7, 11) is 0. The van der Waals surface area contributed by atoms with Crippen LogP contribution in [0.15, 0.2) is 24.3 Å². The highest BCUT2D eigenvalue weighted by Crippen LogP contribution is 2.08. The highest BCUT2D eigenvalue weighted by molar-refractivity contribution is 5.19. The number of hydrogen-bond donors (Lipinski definition) is 1. The fraction of sp³-hybridized carbons (Fsp3) is 0.333. The zero-order valence-electron chi connectivity index (χ0n) is 9.20. The van der Waals surface area contributed by atoms with Gasteiger partial charge in [0.05, 0.1) is 0 Å². The smallest absolute Gasteiger partial charge is 0.150 e. The van der Waals surface area contributed by atoms with Crippen molar-refractivity contribution < 1.29 is 4.39 Å². The quantitative estimate of drug-likeness (QED) is 0.858. The number of halogens is 1. The van der Waals surface area contributed by atoms with Crippen molar-refractivity contribution in [2.45, 2.75) is 26.2 Å². The molecule has 0 saturated carbocycles. The van der Waals surface area contributed by atoms with Gasteiger partial charge in [0.15, 0.2) is 5.82 Å². The van der Waals surface area contributed by atoms with Crippen molar-refractivity contribution in [3.05, 3.63) is 47.3 Å². The molecular weight excluding hydrogens is 205 g/mol. The molecule has 0 aliphatic rings. The van der Waals surface area contributed by atoms with Gasteiger partial charge >= 0.3 is 0 Å². The maximum absolute atomic E-state index is 12.9. The predicted molar refractivity (Wildman–Crippen MR) is 59.6 cm³/mol. The van der Waals surface area contributed by atoms with Gasteiger partial charge in [-0.15, -0.1) is 0 Å². The number of nitrogens with one attached hydrogen (secondary N) is 1. The van der Waals surface area contributed by atoms with Gasteiger partial charge in [-0.3, -0.25) is 5.10 Å². The summed E-state index contributed by atoms with van der Waals surface area (Å²) in [5.74, 6) is 1.40. The summed E-state index contributed by atoms with van der Waals surface area (Å²) in [4.78, 5) is 4.34. The van der Waals surface area contributed by atoms with E-state index < -0.39 is 0 Å². The first-order valence-electron chi connectivity index (χ1n) is 5.42. The van der Waals surface area contributed by atoms with E-state index in [4.69, 9.17) is 0 Å². The maximum atomic E-state index is 12.9. The molecule has 0 spiro atoms. The second-order valence-electron chi connectivity index (χ2n) is 3.76. The van der Waals surface area contributed by atoms with Crippen molar-refractivity contribution >= 4 is 0 Å². The lowest BCUT2D eigenvalue weighted by molar-refractivity contribution is 0.626. The molecule has 4 heteroatoms. The Morgan fingerprint density at radius 2 is 2.25 bits per heavy atom. The zero-order valence-corrected chi connectivity index (χ0v) is 9.20. The molecule has 0 radical (unpaired) electrons. The fourth-order valence-corrected chi connectivity index (χ4v) is 1.59. The first-order chi connectivity index (χ1) is 7.78. The van der Waals surface area contributed by atoms with Gasteiger partial charge in [-0.25, -0.2) is 9.37 Å². The van der Waals surface area contributed by atoms with Gasteiger partial charge in [-0.1, -0.05) is 19.1 Å². The number of nitrogens with zero attached hydrogens (tertiary/aromatic N) is 2. The molecular formula is C12H14FN3. The van der Waals surface area contributed by atoms with Gasteiger partial charge in [0.25, 0.3) is 0 Å². The molecule has 84 valence electrons. The maximum Gasteiger partial charge on any atom is 0.150 e. The second-order valence-corrected chi connectivity index (χ2v) is 3.76. The molecule has 1 N–H and O–H groups in total. The standard InChI is InChI=1S/C12H14FN3/c1-2-4-11-14-12(16-15-11)8-9-5-3-6-10(13)7-9/h3,5-7H,2,4,8H2,1H3,(H,14,15,16). The van der Waals surface area contributed by atoms with Crippen LogP contribution in [0, 0.1) is 5.82 Å². The molecule has 1 aromatic carbocycles. The van der Waals surface area contributed by atoms with E-state index in [2.05, 4.69) is 22.1 Å². The van der Waals surface area contributed by atoms with Crippen LogP contribution in [0.4, 0.5) is 4.39 Å². The molecule has 0 bridgehead atoms. The Hall–Kier alpha value is -1.71. The van der Waals surface area contributed by atoms with Gasteiger partial charge in [-0.2, -0.15) is 5.10 Å². The number of aromatic amines is 1. The van der Waals surface area contributed by atoms with Gasteiger partial charge in [0.1, 0.15) is 11.6 Å². The summed E-state index contributed by atoms with van der Waals surface area (Å²) in [5, 5.41) is 6.97. The summed E-state index contributed by atoms with van der Waals surface area (Å²) >= 11 is 0. The molecule has 1 heterocycles. The highest BCUT2D eigenvalue weighted by atomic mass is 19.1. The van der Waals surface area contributed by atoms with Gasteiger partial charge in [0.2, 0.25) is 0 Å². The number of aryl methyl sites for hydroxylation is 1. The fourth-order valence-electron chi connectivity index (χ4n) is 1.59. The molecule has 0 amide bonds. The average Bonchev–Trinajstić information content (AvgIpc) is 2.66. The molecule has 0 atom stereocenters. The van der Waals surface area contributed by atoms with E-state index in [1.807, 2.05) is 6.07 Å². The van der Waals surface area contributed by atoms with Crippen LogP contribution in [0.5, 0.6) is 0 Å². The molecule has 1 aromatic heterocycles. The molecule has 0 aliphatic carbocycles. The summed E-state index contributed by atoms with van der Waals surface area (Å²) < 4.78 is 12.9. The summed E-state index contributed by atoms with van der Waals surface area (Å²) in [6.07, 6.45) is 2.49. The van der Waals surface area contributed by atoms with Crippen molar-refractivity contribution in [3.8, 4) is 0 Å². The summed E-state index contributed by atoms with van der Waals surface area (Å²) in [5.41, 5.74) is 0.902. The largest absolute Gasteiger partial charge is 0.263 e. The Morgan fingerprint density at radius 3 is 3.00 bits per heavy atom. The Bertz CT molecular complexity index is 465. The van der Waals surface area contributed by atoms with E-state index in [-0.39, 0.29) is 5.82 Å². The molecule has 0 saturated heterocycles. The van der Waals surface area contributed by atoms with Crippen molar-refractivity contribution in [2.75, 3.05) is 0 Å². The van der Waals surface area contributed by atoms with E-state index in [0.717, 1.165) is 30.1 Å². The Morgan fingerprint density at radius 1 is 1.38 bits per heavy atom. The van der Waals surface area contributed by atoms with Crippen LogP contribution in [0.2, 0.25) is 0 Å². The average molecular weight is 219 g/mol. The van der Waals surface area contributed by atoms with E-state index in [9.17, 15) is 4.39 Å². The van der Waals surface area contributed by atoms with Crippen LogP contribution in [0.3, 0.4) is 0 Å². The minimum absolute atomic E-state index is 0.217. The van der Waals surface area contributed by atoms with E-state index >= 15 is 0 Å². The minimum atomic E-state index is -0.217. The van der Waals surface area contributed by atoms with E-state index in [1.54, 1.807) is 6.07 Å². The zero-order chi connectivity index (χ0) is 11.4. The van der Waals surface area contributed by atoms with E-state index in [1.165, 1.54) is 12.1 Å². The second kappa shape index (κ2) is 4.88. The van der Waals surface area contributed by atoms with Gasteiger partial charge in [0, 0.05) is 12.8 Å². The predicted octanol–water partition coefficient (Wildman–Crippen LogP) is 2.49. The molecule has 16 heavy (non-hydrogen) atoms. The molecule has 2 aromatic rings. The third-order valence-corrected chi connectivity index (χ3v) is 2.31. The SMILES string of the molecule is CCCc1n[nH]c(Cc2cccc(F)c2)n1. The van der Waals surface area contributed by atoms with Crippen LogP contribution in [-0.2, 0) is 12.8 Å². The van der Waals surface area contributed by atoms with Crippen molar-refractivity contribution in [3.63, 3.8) is 0 Å². The lowest BCUT2D eigenvalue weighted by Crippen LogP contribution is -1.92. The molecule has 0 fully saturated rings. The van der Waals surface area contributed by atoms with Crippen LogP contribution in [0.1, 0.15) is 30.6 Å². The lowest BCUT2D eigenvalue weighted by atomic mass is 10.1. The number of aromatic nitrogens is 3. The Labute approximate surface area is 93.7 Å². The monoisotopic (exact) mass is 219 g/mol. The van der Waals surface area contributed by atoms with Crippen LogP contribution >= 0.6 is 0 Å². The number of rotatable bonds is 4. The molecule has 3 nitrogen and oxygen atoms in total. The van der Waals surface area contributed by atoms with Gasteiger partial charge < -0.3 is 0 Å². The summed E-state index contributed by atoms with van der Waals surface area (Å²) in [6.45, 7) is 2.09. The van der Waals surface area contributed by atoms with Crippen LogP contribution in [0.25, 0.3) is 0 Å². The van der Waals surface area contributed by atoms with Crippen molar-refractivity contribution in [2.24, 2.45) is 0 Å². The van der Waals surface area contributed by atoms with Crippen molar-refractivity contribution in [1.29, 1.82) is 0 Å². The van der Waals surface area contributed by atoms with Crippen LogP contribution < -0.4 is 0 Å². The number of hydrogen-bond acceptors (Lipinski definition) is 2. The van der Waals surface area contributed by atoms with Crippen molar-refractivity contribution in [1.82, 2.24) is 15.2 Å². The number of H-pyrrole nitrogens is 1. The third-order valence-electron chi connectivity index (χ3n) is 2.31. The minimum Gasteiger partial charge on any atom is -0.263 e. The molecule has 0 aliphatic heterocycles. The normalized spacial score (nSPS) is 10.6. The molecule has 2 rings (SSSR count). The topological polar surface area (TPSA) is 41.6 Å². The Balaban J connectivity index is 2.08. The van der Waals surface area contributed by atoms with Gasteiger partial charge in [-0.05, 0) is 24.1 Å². The lowest BCUT2D eigenvalue weighted by Gasteiger charge is -1.97. The van der Waals surface area contributed by atoms with E-state index in [0.29, 0.717) is 6.42 Å². The first-order valence-corrected chi connectivity index (χ1v) is 5.42. The number of benzene rings is 1. The first kappa shape index (κ1) is 10.8. The summed E-state index contributed by atoms with van der Waals surface area (Å²) in [6, 6.07) is 6.54. The Kier molecular flexibility index (Phi) is 3.29.